The molecule has 4 heterocycles. The van der Waals surface area contributed by atoms with Crippen molar-refractivity contribution in [3.63, 3.8) is 0 Å². The molecule has 4 aliphatic rings. The molecule has 5 rings (SSSR count). The van der Waals surface area contributed by atoms with Gasteiger partial charge in [0.1, 0.15) is 0 Å². The molecule has 1 aliphatic carbocycles. The van der Waals surface area contributed by atoms with E-state index >= 15 is 0 Å². The monoisotopic (exact) mass is 444 g/mol. The molecule has 178 valence electrons. The smallest absolute Gasteiger partial charge is 0.232 e. The van der Waals surface area contributed by atoms with Gasteiger partial charge in [0.15, 0.2) is 0 Å². The van der Waals surface area contributed by atoms with Gasteiger partial charge in [-0.25, -0.2) is 0 Å². The Morgan fingerprint density at radius 3 is 1.47 bits per heavy atom. The molecule has 6 atom stereocenters. The number of nitrogens with two attached hydrogens (primary N) is 4. The van der Waals surface area contributed by atoms with Gasteiger partial charge in [-0.3, -0.25) is 0 Å². The fourth-order valence-corrected chi connectivity index (χ4v) is 6.23. The van der Waals surface area contributed by atoms with Crippen LogP contribution in [0.15, 0.2) is 0 Å². The zero-order chi connectivity index (χ0) is 22.2. The Bertz CT molecular complexity index is 726. The highest BCUT2D eigenvalue weighted by Gasteiger charge is 2.34. The van der Waals surface area contributed by atoms with Crippen LogP contribution in [0.1, 0.15) is 44.9 Å². The van der Waals surface area contributed by atoms with Gasteiger partial charge in [0.05, 0.1) is 0 Å². The van der Waals surface area contributed by atoms with Crippen LogP contribution in [-0.2, 0) is 0 Å². The van der Waals surface area contributed by atoms with E-state index in [1.54, 1.807) is 0 Å². The summed E-state index contributed by atoms with van der Waals surface area (Å²) in [5.74, 6) is 3.73. The van der Waals surface area contributed by atoms with Crippen LogP contribution in [0.25, 0.3) is 0 Å². The second-order valence-electron chi connectivity index (χ2n) is 10.6. The van der Waals surface area contributed by atoms with Crippen LogP contribution < -0.4 is 37.6 Å². The zero-order valence-corrected chi connectivity index (χ0v) is 19.1. The Hall–Kier alpha value is -1.75. The SMILES string of the molecule is N[C@@H]1C[C@@H](N)CN(c2nc(N3CCC4CCCCC4C3)nc(N3C[C@H](N)C[C@H](N)C3)n2)C1. The molecule has 3 saturated heterocycles. The lowest BCUT2D eigenvalue weighted by molar-refractivity contribution is 0.201. The Labute approximate surface area is 191 Å². The Balaban J connectivity index is 1.45. The maximum Gasteiger partial charge on any atom is 0.232 e. The normalized spacial score (nSPS) is 36.2. The van der Waals surface area contributed by atoms with Crippen LogP contribution in [0.4, 0.5) is 17.8 Å². The highest BCUT2D eigenvalue weighted by atomic mass is 15.4. The Kier molecular flexibility index (Phi) is 6.37. The summed E-state index contributed by atoms with van der Waals surface area (Å²) in [4.78, 5) is 21.4. The Morgan fingerprint density at radius 2 is 0.969 bits per heavy atom. The minimum atomic E-state index is 0.0252. The van der Waals surface area contributed by atoms with Gasteiger partial charge in [-0.15, -0.1) is 0 Å². The second kappa shape index (κ2) is 9.24. The van der Waals surface area contributed by atoms with Gasteiger partial charge in [-0.1, -0.05) is 19.3 Å². The predicted octanol–water partition coefficient (Wildman–Crippen LogP) is -0.382. The van der Waals surface area contributed by atoms with Crippen LogP contribution in [0.3, 0.4) is 0 Å². The van der Waals surface area contributed by atoms with E-state index in [0.29, 0.717) is 38.1 Å². The molecule has 1 aromatic rings. The molecule has 1 aromatic heterocycles. The van der Waals surface area contributed by atoms with Gasteiger partial charge in [-0.05, 0) is 37.5 Å². The minimum absolute atomic E-state index is 0.0252. The lowest BCUT2D eigenvalue weighted by atomic mass is 9.75. The van der Waals surface area contributed by atoms with Gasteiger partial charge in [-0.2, -0.15) is 15.0 Å². The zero-order valence-electron chi connectivity index (χ0n) is 19.1. The first-order valence-electron chi connectivity index (χ1n) is 12.5. The summed E-state index contributed by atoms with van der Waals surface area (Å²) >= 11 is 0. The minimum Gasteiger partial charge on any atom is -0.340 e. The number of anilines is 3. The van der Waals surface area contributed by atoms with E-state index in [-0.39, 0.29) is 24.2 Å². The van der Waals surface area contributed by atoms with Crippen LogP contribution in [0.2, 0.25) is 0 Å². The van der Waals surface area contributed by atoms with Crippen molar-refractivity contribution >= 4 is 17.8 Å². The van der Waals surface area contributed by atoms with Crippen LogP contribution in [-0.4, -0.2) is 78.4 Å². The average Bonchev–Trinajstić information content (AvgIpc) is 2.77. The van der Waals surface area contributed by atoms with Crippen LogP contribution >= 0.6 is 0 Å². The third-order valence-electron chi connectivity index (χ3n) is 7.77. The molecule has 0 bridgehead atoms. The van der Waals surface area contributed by atoms with E-state index < -0.39 is 0 Å². The number of aromatic nitrogens is 3. The van der Waals surface area contributed by atoms with Crippen molar-refractivity contribution in [2.24, 2.45) is 34.8 Å². The van der Waals surface area contributed by atoms with E-state index in [9.17, 15) is 0 Å². The molecule has 0 spiro atoms. The average molecular weight is 445 g/mol. The van der Waals surface area contributed by atoms with Crippen molar-refractivity contribution in [3.8, 4) is 0 Å². The fourth-order valence-electron chi connectivity index (χ4n) is 6.23. The van der Waals surface area contributed by atoms with Crippen molar-refractivity contribution in [1.82, 2.24) is 15.0 Å². The quantitative estimate of drug-likeness (QED) is 0.485. The van der Waals surface area contributed by atoms with Crippen molar-refractivity contribution in [2.75, 3.05) is 54.0 Å². The predicted molar refractivity (Wildman–Crippen MR) is 128 cm³/mol. The molecule has 2 unspecified atom stereocenters. The van der Waals surface area contributed by atoms with Crippen molar-refractivity contribution in [3.05, 3.63) is 0 Å². The molecule has 1 saturated carbocycles. The molecular weight excluding hydrogens is 404 g/mol. The largest absolute Gasteiger partial charge is 0.340 e. The first-order valence-corrected chi connectivity index (χ1v) is 12.5. The third-order valence-corrected chi connectivity index (χ3v) is 7.77. The molecule has 10 heteroatoms. The maximum absolute atomic E-state index is 6.28. The molecule has 10 nitrogen and oxygen atoms in total. The number of hydrogen-bond acceptors (Lipinski definition) is 10. The lowest BCUT2D eigenvalue weighted by Gasteiger charge is -2.42. The lowest BCUT2D eigenvalue weighted by Crippen LogP contribution is -2.54. The van der Waals surface area contributed by atoms with Crippen molar-refractivity contribution in [1.29, 1.82) is 0 Å². The Morgan fingerprint density at radius 1 is 0.531 bits per heavy atom. The summed E-state index contributed by atoms with van der Waals surface area (Å²) in [6, 6.07) is 0.101. The summed E-state index contributed by atoms with van der Waals surface area (Å²) in [6.45, 7) is 4.87. The molecule has 32 heavy (non-hydrogen) atoms. The van der Waals surface area contributed by atoms with Gasteiger partial charge in [0, 0.05) is 63.4 Å². The molecule has 3 aliphatic heterocycles. The van der Waals surface area contributed by atoms with Gasteiger partial charge in [0.2, 0.25) is 17.8 Å². The highest BCUT2D eigenvalue weighted by molar-refractivity contribution is 5.48. The fraction of sp³-hybridized carbons (Fsp3) is 0.864. The molecule has 0 aromatic carbocycles. The van der Waals surface area contributed by atoms with E-state index in [1.807, 2.05) is 0 Å². The molecule has 4 fully saturated rings. The number of piperidine rings is 3. The molecule has 0 amide bonds. The first kappa shape index (κ1) is 22.1. The second-order valence-corrected chi connectivity index (χ2v) is 10.6. The first-order chi connectivity index (χ1) is 15.4. The summed E-state index contributed by atoms with van der Waals surface area (Å²) in [5, 5.41) is 0. The van der Waals surface area contributed by atoms with Gasteiger partial charge < -0.3 is 37.6 Å². The van der Waals surface area contributed by atoms with E-state index in [2.05, 4.69) is 14.7 Å². The maximum atomic E-state index is 6.28. The van der Waals surface area contributed by atoms with E-state index in [1.165, 1.54) is 32.1 Å². The number of nitrogens with zero attached hydrogens (tertiary/aromatic N) is 6. The summed E-state index contributed by atoms with van der Waals surface area (Å²) in [5.41, 5.74) is 25.1. The molecule has 8 N–H and O–H groups in total. The van der Waals surface area contributed by atoms with Crippen molar-refractivity contribution in [2.45, 2.75) is 69.1 Å². The number of rotatable bonds is 3. The number of hydrogen-bond donors (Lipinski definition) is 4. The van der Waals surface area contributed by atoms with Gasteiger partial charge in [0.25, 0.3) is 0 Å². The van der Waals surface area contributed by atoms with Crippen LogP contribution in [0, 0.1) is 11.8 Å². The van der Waals surface area contributed by atoms with E-state index in [4.69, 9.17) is 37.9 Å². The third kappa shape index (κ3) is 4.78. The number of fused-ring (bicyclic) bond motifs is 1. The highest BCUT2D eigenvalue weighted by Crippen LogP contribution is 2.37. The topological polar surface area (TPSA) is 152 Å². The van der Waals surface area contributed by atoms with Gasteiger partial charge >= 0.3 is 0 Å². The standard InChI is InChI=1S/C22H40N10/c23-16-7-17(24)11-31(10-16)21-27-20(30-6-5-14-3-1-2-4-15(14)9-30)28-22(29-21)32-12-18(25)8-19(26)13-32/h14-19H,1-13,23-26H2/t14?,15?,16-,17-,18-,19+/m1/s1. The molecular formula is C22H40N10. The van der Waals surface area contributed by atoms with Crippen molar-refractivity contribution < 1.29 is 0 Å². The summed E-state index contributed by atoms with van der Waals surface area (Å²) in [7, 11) is 0. The van der Waals surface area contributed by atoms with Crippen LogP contribution in [0.5, 0.6) is 0 Å². The van der Waals surface area contributed by atoms with E-state index in [0.717, 1.165) is 43.7 Å². The summed E-state index contributed by atoms with van der Waals surface area (Å²) in [6.07, 6.45) is 8.29. The summed E-state index contributed by atoms with van der Waals surface area (Å²) < 4.78 is 0. The molecule has 0 radical (unpaired) electrons.